The lowest BCUT2D eigenvalue weighted by Gasteiger charge is -2.09. The summed E-state index contributed by atoms with van der Waals surface area (Å²) in [6.45, 7) is 2.58. The molecule has 4 aromatic rings. The highest BCUT2D eigenvalue weighted by molar-refractivity contribution is 7.99. The van der Waals surface area contributed by atoms with Crippen LogP contribution in [0.15, 0.2) is 69.7 Å². The molecule has 0 unspecified atom stereocenters. The second-order valence-corrected chi connectivity index (χ2v) is 8.07. The van der Waals surface area contributed by atoms with Crippen molar-refractivity contribution in [3.63, 3.8) is 0 Å². The molecule has 0 radical (unpaired) electrons. The molecule has 0 fully saturated rings. The number of thiophene rings is 1. The number of hydrogen-bond donors (Lipinski definition) is 1. The van der Waals surface area contributed by atoms with Crippen LogP contribution in [0.3, 0.4) is 0 Å². The summed E-state index contributed by atoms with van der Waals surface area (Å²) in [6, 6.07) is 15.7. The van der Waals surface area contributed by atoms with Crippen molar-refractivity contribution in [3.05, 3.63) is 70.6 Å². The van der Waals surface area contributed by atoms with Gasteiger partial charge in [0.05, 0.1) is 18.6 Å². The minimum Gasteiger partial charge on any atom is -0.461 e. The predicted molar refractivity (Wildman–Crippen MR) is 111 cm³/mol. The summed E-state index contributed by atoms with van der Waals surface area (Å²) >= 11 is 2.97. The molecule has 1 amide bonds. The zero-order valence-electron chi connectivity index (χ0n) is 15.2. The number of aryl methyl sites for hydroxylation is 1. The fourth-order valence-corrected chi connectivity index (χ4v) is 4.06. The third-order valence-corrected chi connectivity index (χ3v) is 5.84. The maximum absolute atomic E-state index is 12.2. The number of benzene rings is 1. The number of thioether (sulfide) groups is 1. The van der Waals surface area contributed by atoms with Crippen LogP contribution in [0.25, 0.3) is 17.3 Å². The molecule has 0 atom stereocenters. The maximum atomic E-state index is 12.2. The SMILES string of the molecule is Cc1ccc(-n2c(SCC(=O)NCc3cccs3)nnc2-c2ccco2)cc1. The van der Waals surface area contributed by atoms with E-state index in [1.807, 2.05) is 65.4 Å². The molecule has 0 aliphatic heterocycles. The predicted octanol–water partition coefficient (Wildman–Crippen LogP) is 4.31. The van der Waals surface area contributed by atoms with Crippen LogP contribution in [0.2, 0.25) is 0 Å². The fourth-order valence-electron chi connectivity index (χ4n) is 2.64. The van der Waals surface area contributed by atoms with Gasteiger partial charge in [0.2, 0.25) is 11.7 Å². The Morgan fingerprint density at radius 2 is 2.04 bits per heavy atom. The van der Waals surface area contributed by atoms with Crippen molar-refractivity contribution in [1.82, 2.24) is 20.1 Å². The summed E-state index contributed by atoms with van der Waals surface area (Å²) in [5.74, 6) is 1.45. The number of amides is 1. The van der Waals surface area contributed by atoms with Gasteiger partial charge in [0.15, 0.2) is 10.9 Å². The molecule has 0 saturated carbocycles. The molecule has 0 aliphatic rings. The van der Waals surface area contributed by atoms with Gasteiger partial charge in [0.1, 0.15) is 0 Å². The smallest absolute Gasteiger partial charge is 0.230 e. The summed E-state index contributed by atoms with van der Waals surface area (Å²) < 4.78 is 7.43. The van der Waals surface area contributed by atoms with Gasteiger partial charge < -0.3 is 9.73 Å². The third-order valence-electron chi connectivity index (χ3n) is 4.04. The number of furan rings is 1. The second-order valence-electron chi connectivity index (χ2n) is 6.10. The quantitative estimate of drug-likeness (QED) is 0.460. The Hall–Kier alpha value is -2.84. The molecule has 1 N–H and O–H groups in total. The van der Waals surface area contributed by atoms with Crippen molar-refractivity contribution in [3.8, 4) is 17.3 Å². The van der Waals surface area contributed by atoms with Gasteiger partial charge in [0.25, 0.3) is 0 Å². The van der Waals surface area contributed by atoms with Gasteiger partial charge in [-0.05, 0) is 42.6 Å². The lowest BCUT2D eigenvalue weighted by Crippen LogP contribution is -2.24. The van der Waals surface area contributed by atoms with Crippen molar-refractivity contribution in [2.45, 2.75) is 18.6 Å². The Morgan fingerprint density at radius 3 is 2.75 bits per heavy atom. The molecular formula is C20H18N4O2S2. The highest BCUT2D eigenvalue weighted by Crippen LogP contribution is 2.28. The lowest BCUT2D eigenvalue weighted by molar-refractivity contribution is -0.118. The Morgan fingerprint density at radius 1 is 1.18 bits per heavy atom. The lowest BCUT2D eigenvalue weighted by atomic mass is 10.2. The molecule has 0 aliphatic carbocycles. The van der Waals surface area contributed by atoms with Crippen molar-refractivity contribution >= 4 is 29.0 Å². The monoisotopic (exact) mass is 410 g/mol. The van der Waals surface area contributed by atoms with Crippen LogP contribution in [0.4, 0.5) is 0 Å². The fraction of sp³-hybridized carbons (Fsp3) is 0.150. The number of rotatable bonds is 7. The molecule has 0 saturated heterocycles. The normalized spacial score (nSPS) is 10.9. The highest BCUT2D eigenvalue weighted by atomic mass is 32.2. The van der Waals surface area contributed by atoms with E-state index in [1.165, 1.54) is 17.3 Å². The summed E-state index contributed by atoms with van der Waals surface area (Å²) in [5, 5.41) is 14.1. The molecule has 6 nitrogen and oxygen atoms in total. The highest BCUT2D eigenvalue weighted by Gasteiger charge is 2.18. The van der Waals surface area contributed by atoms with E-state index < -0.39 is 0 Å². The first-order valence-electron chi connectivity index (χ1n) is 8.69. The van der Waals surface area contributed by atoms with Crippen LogP contribution >= 0.6 is 23.1 Å². The maximum Gasteiger partial charge on any atom is 0.230 e. The van der Waals surface area contributed by atoms with Gasteiger partial charge >= 0.3 is 0 Å². The van der Waals surface area contributed by atoms with E-state index >= 15 is 0 Å². The van der Waals surface area contributed by atoms with Crippen LogP contribution in [-0.2, 0) is 11.3 Å². The van der Waals surface area contributed by atoms with Crippen molar-refractivity contribution < 1.29 is 9.21 Å². The number of aromatic nitrogens is 3. The summed E-state index contributed by atoms with van der Waals surface area (Å²) in [7, 11) is 0. The van der Waals surface area contributed by atoms with Gasteiger partial charge in [-0.3, -0.25) is 9.36 Å². The minimum atomic E-state index is -0.0450. The van der Waals surface area contributed by atoms with E-state index in [0.29, 0.717) is 23.3 Å². The van der Waals surface area contributed by atoms with E-state index in [9.17, 15) is 4.79 Å². The molecule has 0 bridgehead atoms. The van der Waals surface area contributed by atoms with Crippen LogP contribution in [0.1, 0.15) is 10.4 Å². The molecular weight excluding hydrogens is 392 g/mol. The standard InChI is InChI=1S/C20H18N4O2S2/c1-14-6-8-15(9-7-14)24-19(17-5-2-10-26-17)22-23-20(24)28-13-18(25)21-12-16-4-3-11-27-16/h2-11H,12-13H2,1H3,(H,21,25). The molecule has 8 heteroatoms. The van der Waals surface area contributed by atoms with Gasteiger partial charge in [0, 0.05) is 10.6 Å². The van der Waals surface area contributed by atoms with Crippen molar-refractivity contribution in [2.24, 2.45) is 0 Å². The number of nitrogens with one attached hydrogen (secondary N) is 1. The van der Waals surface area contributed by atoms with Crippen molar-refractivity contribution in [1.29, 1.82) is 0 Å². The summed E-state index contributed by atoms with van der Waals surface area (Å²) in [4.78, 5) is 13.4. The van der Waals surface area contributed by atoms with Crippen LogP contribution in [0, 0.1) is 6.92 Å². The molecule has 4 rings (SSSR count). The number of carbonyl (C=O) groups is 1. The van der Waals surface area contributed by atoms with Crippen molar-refractivity contribution in [2.75, 3.05) is 5.75 Å². The first-order valence-corrected chi connectivity index (χ1v) is 10.6. The average molecular weight is 411 g/mol. The zero-order valence-corrected chi connectivity index (χ0v) is 16.8. The third kappa shape index (κ3) is 4.18. The van der Waals surface area contributed by atoms with Gasteiger partial charge in [-0.2, -0.15) is 0 Å². The van der Waals surface area contributed by atoms with Crippen LogP contribution in [0.5, 0.6) is 0 Å². The number of nitrogens with zero attached hydrogens (tertiary/aromatic N) is 3. The first-order chi connectivity index (χ1) is 13.7. The zero-order chi connectivity index (χ0) is 19.3. The molecule has 0 spiro atoms. The number of hydrogen-bond acceptors (Lipinski definition) is 6. The Kier molecular flexibility index (Phi) is 5.59. The van der Waals surface area contributed by atoms with E-state index in [2.05, 4.69) is 15.5 Å². The van der Waals surface area contributed by atoms with E-state index in [0.717, 1.165) is 10.6 Å². The molecule has 3 aromatic heterocycles. The number of carbonyl (C=O) groups excluding carboxylic acids is 1. The summed E-state index contributed by atoms with van der Waals surface area (Å²) in [5.41, 5.74) is 2.09. The Balaban J connectivity index is 1.53. The first kappa shape index (κ1) is 18.5. The van der Waals surface area contributed by atoms with E-state index in [4.69, 9.17) is 4.42 Å². The van der Waals surface area contributed by atoms with Gasteiger partial charge in [-0.15, -0.1) is 21.5 Å². The van der Waals surface area contributed by atoms with Gasteiger partial charge in [-0.1, -0.05) is 35.5 Å². The van der Waals surface area contributed by atoms with Crippen LogP contribution in [-0.4, -0.2) is 26.4 Å². The van der Waals surface area contributed by atoms with E-state index in [-0.39, 0.29) is 11.7 Å². The van der Waals surface area contributed by atoms with Gasteiger partial charge in [-0.25, -0.2) is 0 Å². The molecule has 1 aromatic carbocycles. The Bertz CT molecular complexity index is 1040. The second kappa shape index (κ2) is 8.45. The largest absolute Gasteiger partial charge is 0.461 e. The Labute approximate surface area is 170 Å². The van der Waals surface area contributed by atoms with E-state index in [1.54, 1.807) is 17.6 Å². The topological polar surface area (TPSA) is 73.0 Å². The molecule has 28 heavy (non-hydrogen) atoms. The van der Waals surface area contributed by atoms with Crippen LogP contribution < -0.4 is 5.32 Å². The average Bonchev–Trinajstić information content (AvgIpc) is 3.46. The summed E-state index contributed by atoms with van der Waals surface area (Å²) in [6.07, 6.45) is 1.61. The molecule has 3 heterocycles. The molecule has 142 valence electrons. The minimum absolute atomic E-state index is 0.0450.